The Morgan fingerprint density at radius 3 is 2.86 bits per heavy atom. The highest BCUT2D eigenvalue weighted by Crippen LogP contribution is 2.15. The fraction of sp³-hybridized carbons (Fsp3) is 0.538. The second-order valence-electron chi connectivity index (χ2n) is 5.13. The molecule has 21 heavy (non-hydrogen) atoms. The Balaban J connectivity index is 2.22. The monoisotopic (exact) mass is 310 g/mol. The Hall–Kier alpha value is -1.80. The standard InChI is InChI=1S/C13H18N4O3S/c1-8(2)16(5-4-12(19)20)7-10-15-17-11(18)6-9(3)14-13(17)21-10/h6,8H,4-5,7H2,1-3H3,(H,19,20). The fourth-order valence-corrected chi connectivity index (χ4v) is 2.93. The highest BCUT2D eigenvalue weighted by atomic mass is 32.1. The van der Waals surface area contributed by atoms with E-state index in [0.717, 1.165) is 5.01 Å². The van der Waals surface area contributed by atoms with E-state index >= 15 is 0 Å². The first kappa shape index (κ1) is 15.6. The van der Waals surface area contributed by atoms with E-state index in [2.05, 4.69) is 10.1 Å². The van der Waals surface area contributed by atoms with Crippen LogP contribution < -0.4 is 5.56 Å². The summed E-state index contributed by atoms with van der Waals surface area (Å²) in [5.74, 6) is -0.821. The minimum Gasteiger partial charge on any atom is -0.481 e. The van der Waals surface area contributed by atoms with Crippen molar-refractivity contribution in [1.29, 1.82) is 0 Å². The molecule has 0 aromatic carbocycles. The van der Waals surface area contributed by atoms with Gasteiger partial charge in [0.15, 0.2) is 0 Å². The minimum atomic E-state index is -0.821. The Morgan fingerprint density at radius 1 is 1.52 bits per heavy atom. The van der Waals surface area contributed by atoms with Crippen molar-refractivity contribution >= 4 is 22.3 Å². The van der Waals surface area contributed by atoms with Gasteiger partial charge < -0.3 is 5.11 Å². The topological polar surface area (TPSA) is 87.8 Å². The quantitative estimate of drug-likeness (QED) is 0.861. The molecule has 114 valence electrons. The maximum Gasteiger partial charge on any atom is 0.304 e. The van der Waals surface area contributed by atoms with Gasteiger partial charge in [0.25, 0.3) is 5.56 Å². The molecule has 0 unspecified atom stereocenters. The van der Waals surface area contributed by atoms with Crippen LogP contribution in [0.25, 0.3) is 4.96 Å². The number of aliphatic carboxylic acids is 1. The molecular formula is C13H18N4O3S. The second kappa shape index (κ2) is 6.31. The van der Waals surface area contributed by atoms with E-state index in [1.54, 1.807) is 6.92 Å². The molecule has 0 atom stereocenters. The van der Waals surface area contributed by atoms with Crippen LogP contribution in [0.15, 0.2) is 10.9 Å². The summed E-state index contributed by atoms with van der Waals surface area (Å²) in [5.41, 5.74) is 0.475. The molecule has 0 fully saturated rings. The zero-order valence-corrected chi connectivity index (χ0v) is 13.1. The second-order valence-corrected chi connectivity index (χ2v) is 6.17. The summed E-state index contributed by atoms with van der Waals surface area (Å²) in [4.78, 5) is 29.4. The smallest absolute Gasteiger partial charge is 0.304 e. The maximum atomic E-state index is 11.8. The molecule has 2 rings (SSSR count). The number of aromatic nitrogens is 3. The third kappa shape index (κ3) is 3.85. The summed E-state index contributed by atoms with van der Waals surface area (Å²) < 4.78 is 1.29. The molecule has 2 aromatic rings. The Morgan fingerprint density at radius 2 is 2.24 bits per heavy atom. The van der Waals surface area contributed by atoms with Crippen LogP contribution in [-0.4, -0.2) is 43.2 Å². The number of aryl methyl sites for hydroxylation is 1. The first-order valence-electron chi connectivity index (χ1n) is 6.69. The predicted molar refractivity (Wildman–Crippen MR) is 79.7 cm³/mol. The highest BCUT2D eigenvalue weighted by Gasteiger charge is 2.15. The molecule has 2 aromatic heterocycles. The lowest BCUT2D eigenvalue weighted by Gasteiger charge is -2.24. The van der Waals surface area contributed by atoms with Crippen molar-refractivity contribution in [2.45, 2.75) is 39.8 Å². The largest absolute Gasteiger partial charge is 0.481 e. The van der Waals surface area contributed by atoms with Crippen LogP contribution in [0.2, 0.25) is 0 Å². The van der Waals surface area contributed by atoms with Gasteiger partial charge in [0, 0.05) is 24.3 Å². The average Bonchev–Trinajstić information content (AvgIpc) is 2.76. The molecule has 8 heteroatoms. The van der Waals surface area contributed by atoms with Gasteiger partial charge in [-0.1, -0.05) is 11.3 Å². The van der Waals surface area contributed by atoms with Crippen molar-refractivity contribution < 1.29 is 9.90 Å². The number of hydrogen-bond acceptors (Lipinski definition) is 6. The zero-order chi connectivity index (χ0) is 15.6. The SMILES string of the molecule is Cc1cc(=O)n2nc(CN(CCC(=O)O)C(C)C)sc2n1. The van der Waals surface area contributed by atoms with E-state index in [1.807, 2.05) is 18.7 Å². The molecule has 7 nitrogen and oxygen atoms in total. The Kier molecular flexibility index (Phi) is 4.69. The predicted octanol–water partition coefficient (Wildman–Crippen LogP) is 1.14. The van der Waals surface area contributed by atoms with E-state index in [9.17, 15) is 9.59 Å². The lowest BCUT2D eigenvalue weighted by atomic mass is 10.3. The number of carboxylic acids is 1. The van der Waals surface area contributed by atoms with Crippen LogP contribution in [0.1, 0.15) is 31.0 Å². The Bertz CT molecular complexity index is 707. The third-order valence-corrected chi connectivity index (χ3v) is 3.99. The maximum absolute atomic E-state index is 11.8. The van der Waals surface area contributed by atoms with Crippen molar-refractivity contribution in [2.75, 3.05) is 6.54 Å². The molecule has 0 saturated carbocycles. The van der Waals surface area contributed by atoms with E-state index in [4.69, 9.17) is 5.11 Å². The van der Waals surface area contributed by atoms with Gasteiger partial charge in [0.1, 0.15) is 5.01 Å². The first-order chi connectivity index (χ1) is 9.86. The van der Waals surface area contributed by atoms with Crippen LogP contribution in [-0.2, 0) is 11.3 Å². The molecule has 0 saturated heterocycles. The molecule has 0 amide bonds. The molecule has 2 heterocycles. The van der Waals surface area contributed by atoms with Gasteiger partial charge in [0.2, 0.25) is 4.96 Å². The van der Waals surface area contributed by atoms with Gasteiger partial charge in [-0.15, -0.1) is 0 Å². The van der Waals surface area contributed by atoms with Crippen LogP contribution in [0.3, 0.4) is 0 Å². The van der Waals surface area contributed by atoms with Crippen LogP contribution >= 0.6 is 11.3 Å². The molecule has 0 aliphatic rings. The number of carbonyl (C=O) groups is 1. The summed E-state index contributed by atoms with van der Waals surface area (Å²) in [5, 5.41) is 13.8. The molecule has 0 aliphatic heterocycles. The summed E-state index contributed by atoms with van der Waals surface area (Å²) in [6.45, 7) is 6.74. The zero-order valence-electron chi connectivity index (χ0n) is 12.2. The van der Waals surface area contributed by atoms with Gasteiger partial charge >= 0.3 is 5.97 Å². The van der Waals surface area contributed by atoms with E-state index < -0.39 is 5.97 Å². The minimum absolute atomic E-state index is 0.0837. The summed E-state index contributed by atoms with van der Waals surface area (Å²) in [7, 11) is 0. The van der Waals surface area contributed by atoms with Crippen LogP contribution in [0, 0.1) is 6.92 Å². The van der Waals surface area contributed by atoms with Crippen molar-refractivity contribution in [2.24, 2.45) is 0 Å². The van der Waals surface area contributed by atoms with Gasteiger partial charge in [-0.3, -0.25) is 14.5 Å². The number of carboxylic acid groups (broad SMARTS) is 1. The highest BCUT2D eigenvalue weighted by molar-refractivity contribution is 7.16. The number of nitrogens with zero attached hydrogens (tertiary/aromatic N) is 4. The Labute approximate surface area is 125 Å². The van der Waals surface area contributed by atoms with Crippen LogP contribution in [0.5, 0.6) is 0 Å². The van der Waals surface area contributed by atoms with Gasteiger partial charge in [-0.25, -0.2) is 4.98 Å². The van der Waals surface area contributed by atoms with Gasteiger partial charge in [-0.2, -0.15) is 9.61 Å². The van der Waals surface area contributed by atoms with E-state index in [0.29, 0.717) is 23.7 Å². The lowest BCUT2D eigenvalue weighted by molar-refractivity contribution is -0.137. The normalized spacial score (nSPS) is 11.7. The van der Waals surface area contributed by atoms with Crippen molar-refractivity contribution in [1.82, 2.24) is 19.5 Å². The van der Waals surface area contributed by atoms with Crippen LogP contribution in [0.4, 0.5) is 0 Å². The average molecular weight is 310 g/mol. The van der Waals surface area contributed by atoms with Crippen molar-refractivity contribution in [3.63, 3.8) is 0 Å². The number of hydrogen-bond donors (Lipinski definition) is 1. The summed E-state index contributed by atoms with van der Waals surface area (Å²) in [6.07, 6.45) is 0.0837. The number of rotatable bonds is 6. The molecular weight excluding hydrogens is 292 g/mol. The molecule has 0 spiro atoms. The van der Waals surface area contributed by atoms with Crippen molar-refractivity contribution in [3.05, 3.63) is 27.1 Å². The summed E-state index contributed by atoms with van der Waals surface area (Å²) in [6, 6.07) is 1.64. The first-order valence-corrected chi connectivity index (χ1v) is 7.50. The van der Waals surface area contributed by atoms with Gasteiger partial charge in [0.05, 0.1) is 13.0 Å². The molecule has 0 bridgehead atoms. The fourth-order valence-electron chi connectivity index (χ4n) is 1.96. The molecule has 0 radical (unpaired) electrons. The summed E-state index contributed by atoms with van der Waals surface area (Å²) >= 11 is 1.36. The van der Waals surface area contributed by atoms with E-state index in [1.165, 1.54) is 21.9 Å². The molecule has 0 aliphatic carbocycles. The number of fused-ring (bicyclic) bond motifs is 1. The molecule has 1 N–H and O–H groups in total. The van der Waals surface area contributed by atoms with E-state index in [-0.39, 0.29) is 18.0 Å². The van der Waals surface area contributed by atoms with Crippen molar-refractivity contribution in [3.8, 4) is 0 Å². The van der Waals surface area contributed by atoms with Gasteiger partial charge in [-0.05, 0) is 20.8 Å². The lowest BCUT2D eigenvalue weighted by Crippen LogP contribution is -2.32. The third-order valence-electron chi connectivity index (χ3n) is 3.10.